The highest BCUT2D eigenvalue weighted by Gasteiger charge is 2.49. The molecule has 0 aliphatic heterocycles. The molecule has 2 unspecified atom stereocenters. The Bertz CT molecular complexity index is 254. The van der Waals surface area contributed by atoms with Crippen LogP contribution in [-0.2, 0) is 4.79 Å². The average Bonchev–Trinajstić information content (AvgIpc) is 2.16. The van der Waals surface area contributed by atoms with E-state index in [9.17, 15) is 18.0 Å². The van der Waals surface area contributed by atoms with Crippen molar-refractivity contribution in [2.24, 2.45) is 17.1 Å². The minimum absolute atomic E-state index is 0.0124. The summed E-state index contributed by atoms with van der Waals surface area (Å²) in [6.45, 7) is -0.602. The number of rotatable bonds is 2. The van der Waals surface area contributed by atoms with Gasteiger partial charge in [0.15, 0.2) is 0 Å². The number of carbonyl (C=O) groups excluding carboxylic acids is 1. The summed E-state index contributed by atoms with van der Waals surface area (Å²) in [5, 5.41) is 9.03. The van der Waals surface area contributed by atoms with Gasteiger partial charge in [-0.15, -0.1) is 0 Å². The maximum Gasteiger partial charge on any atom is 0.391 e. The second kappa shape index (κ2) is 4.00. The van der Waals surface area contributed by atoms with Crippen LogP contribution in [0.15, 0.2) is 0 Å². The van der Waals surface area contributed by atoms with Gasteiger partial charge in [0.1, 0.15) is 0 Å². The van der Waals surface area contributed by atoms with E-state index in [0.717, 1.165) is 0 Å². The Morgan fingerprint density at radius 3 is 2.53 bits per heavy atom. The topological polar surface area (TPSA) is 63.3 Å². The fourth-order valence-electron chi connectivity index (χ4n) is 2.09. The monoisotopic (exact) mass is 225 g/mol. The van der Waals surface area contributed by atoms with E-state index in [1.807, 2.05) is 0 Å². The lowest BCUT2D eigenvalue weighted by molar-refractivity contribution is -0.194. The van der Waals surface area contributed by atoms with Crippen LogP contribution in [0.2, 0.25) is 0 Å². The molecule has 6 heteroatoms. The van der Waals surface area contributed by atoms with Crippen molar-refractivity contribution >= 4 is 5.91 Å². The number of primary amides is 1. The molecule has 88 valence electrons. The van der Waals surface area contributed by atoms with Crippen molar-refractivity contribution in [3.8, 4) is 0 Å². The van der Waals surface area contributed by atoms with Gasteiger partial charge < -0.3 is 10.8 Å². The number of nitrogens with two attached hydrogens (primary N) is 1. The van der Waals surface area contributed by atoms with Crippen molar-refractivity contribution in [3.63, 3.8) is 0 Å². The first kappa shape index (κ1) is 12.3. The summed E-state index contributed by atoms with van der Waals surface area (Å²) in [6.07, 6.45) is -4.17. The third kappa shape index (κ3) is 2.42. The molecule has 1 amide bonds. The Labute approximate surface area is 85.4 Å². The van der Waals surface area contributed by atoms with E-state index in [1.165, 1.54) is 0 Å². The van der Waals surface area contributed by atoms with Crippen LogP contribution in [0.1, 0.15) is 25.7 Å². The molecule has 0 radical (unpaired) electrons. The molecular formula is C9H14F3NO2. The number of alkyl halides is 3. The zero-order valence-electron chi connectivity index (χ0n) is 8.18. The highest BCUT2D eigenvalue weighted by molar-refractivity contribution is 5.81. The quantitative estimate of drug-likeness (QED) is 0.741. The molecule has 0 aromatic heterocycles. The molecule has 0 heterocycles. The molecule has 0 spiro atoms. The summed E-state index contributed by atoms with van der Waals surface area (Å²) in [6, 6.07) is 0. The Balaban J connectivity index is 2.82. The number of aliphatic hydroxyl groups is 1. The maximum absolute atomic E-state index is 12.5. The summed E-state index contributed by atoms with van der Waals surface area (Å²) in [7, 11) is 0. The molecule has 3 N–H and O–H groups in total. The largest absolute Gasteiger partial charge is 0.395 e. The maximum atomic E-state index is 12.5. The smallest absolute Gasteiger partial charge is 0.391 e. The first-order valence-corrected chi connectivity index (χ1v) is 4.79. The number of carbonyl (C=O) groups is 1. The molecule has 1 rings (SSSR count). The van der Waals surface area contributed by atoms with Crippen LogP contribution in [0, 0.1) is 11.3 Å². The third-order valence-corrected chi connectivity index (χ3v) is 3.13. The van der Waals surface area contributed by atoms with Gasteiger partial charge in [-0.05, 0) is 19.3 Å². The van der Waals surface area contributed by atoms with Crippen LogP contribution >= 0.6 is 0 Å². The molecule has 1 fully saturated rings. The zero-order valence-corrected chi connectivity index (χ0v) is 8.18. The van der Waals surface area contributed by atoms with Gasteiger partial charge in [-0.25, -0.2) is 0 Å². The van der Waals surface area contributed by atoms with Gasteiger partial charge >= 0.3 is 6.18 Å². The van der Waals surface area contributed by atoms with Crippen LogP contribution < -0.4 is 5.73 Å². The molecule has 0 aromatic carbocycles. The summed E-state index contributed by atoms with van der Waals surface area (Å²) in [5.41, 5.74) is 3.68. The summed E-state index contributed by atoms with van der Waals surface area (Å²) in [5.74, 6) is -2.36. The van der Waals surface area contributed by atoms with Gasteiger partial charge in [0, 0.05) is 0 Å². The summed E-state index contributed by atoms with van der Waals surface area (Å²) in [4.78, 5) is 11.1. The van der Waals surface area contributed by atoms with Crippen molar-refractivity contribution in [2.75, 3.05) is 6.61 Å². The fraction of sp³-hybridized carbons (Fsp3) is 0.889. The van der Waals surface area contributed by atoms with Crippen LogP contribution in [0.25, 0.3) is 0 Å². The summed E-state index contributed by atoms with van der Waals surface area (Å²) >= 11 is 0. The normalized spacial score (nSPS) is 32.7. The van der Waals surface area contributed by atoms with E-state index in [2.05, 4.69) is 0 Å². The number of hydrogen-bond donors (Lipinski definition) is 2. The Morgan fingerprint density at radius 2 is 2.13 bits per heavy atom. The lowest BCUT2D eigenvalue weighted by atomic mass is 9.69. The van der Waals surface area contributed by atoms with Gasteiger partial charge in [-0.3, -0.25) is 4.79 Å². The van der Waals surface area contributed by atoms with Crippen molar-refractivity contribution in [2.45, 2.75) is 31.9 Å². The van der Waals surface area contributed by atoms with E-state index in [0.29, 0.717) is 0 Å². The van der Waals surface area contributed by atoms with Crippen molar-refractivity contribution in [1.82, 2.24) is 0 Å². The van der Waals surface area contributed by atoms with Crippen LogP contribution in [0.3, 0.4) is 0 Å². The molecule has 2 atom stereocenters. The number of aliphatic hydroxyl groups excluding tert-OH is 1. The zero-order chi connectivity index (χ0) is 11.7. The second-order valence-electron chi connectivity index (χ2n) is 4.14. The van der Waals surface area contributed by atoms with Gasteiger partial charge in [-0.1, -0.05) is 6.42 Å². The number of hydrogen-bond acceptors (Lipinski definition) is 2. The SMILES string of the molecule is NC(=O)C1(CO)CCCC(C(F)(F)F)C1. The molecular weight excluding hydrogens is 211 g/mol. The lowest BCUT2D eigenvalue weighted by Gasteiger charge is -2.37. The Kier molecular flexibility index (Phi) is 3.28. The van der Waals surface area contributed by atoms with Gasteiger partial charge in [0.05, 0.1) is 17.9 Å². The van der Waals surface area contributed by atoms with E-state index >= 15 is 0 Å². The predicted octanol–water partition coefficient (Wildman–Crippen LogP) is 1.20. The van der Waals surface area contributed by atoms with Gasteiger partial charge in [0.2, 0.25) is 5.91 Å². The fourth-order valence-corrected chi connectivity index (χ4v) is 2.09. The highest BCUT2D eigenvalue weighted by Crippen LogP contribution is 2.45. The van der Waals surface area contributed by atoms with Crippen LogP contribution in [0.4, 0.5) is 13.2 Å². The minimum Gasteiger partial charge on any atom is -0.395 e. The predicted molar refractivity (Wildman–Crippen MR) is 46.7 cm³/mol. The Morgan fingerprint density at radius 1 is 1.53 bits per heavy atom. The Hall–Kier alpha value is -0.780. The molecule has 0 bridgehead atoms. The van der Waals surface area contributed by atoms with Gasteiger partial charge in [-0.2, -0.15) is 13.2 Å². The molecule has 1 aliphatic carbocycles. The summed E-state index contributed by atoms with van der Waals surface area (Å²) < 4.78 is 37.4. The third-order valence-electron chi connectivity index (χ3n) is 3.13. The first-order valence-electron chi connectivity index (χ1n) is 4.79. The number of halogens is 3. The lowest BCUT2D eigenvalue weighted by Crippen LogP contribution is -2.46. The average molecular weight is 225 g/mol. The molecule has 1 saturated carbocycles. The highest BCUT2D eigenvalue weighted by atomic mass is 19.4. The van der Waals surface area contributed by atoms with Crippen molar-refractivity contribution in [3.05, 3.63) is 0 Å². The molecule has 1 aliphatic rings. The van der Waals surface area contributed by atoms with E-state index in [1.54, 1.807) is 0 Å². The van der Waals surface area contributed by atoms with Crippen LogP contribution in [-0.4, -0.2) is 23.8 Å². The second-order valence-corrected chi connectivity index (χ2v) is 4.14. The van der Waals surface area contributed by atoms with Crippen molar-refractivity contribution < 1.29 is 23.1 Å². The molecule has 15 heavy (non-hydrogen) atoms. The molecule has 0 saturated heterocycles. The van der Waals surface area contributed by atoms with E-state index < -0.39 is 30.0 Å². The van der Waals surface area contributed by atoms with Crippen molar-refractivity contribution in [1.29, 1.82) is 0 Å². The number of amides is 1. The first-order chi connectivity index (χ1) is 6.82. The van der Waals surface area contributed by atoms with E-state index in [4.69, 9.17) is 10.8 Å². The molecule has 3 nitrogen and oxygen atoms in total. The van der Waals surface area contributed by atoms with Gasteiger partial charge in [0.25, 0.3) is 0 Å². The minimum atomic E-state index is -4.31. The molecule has 0 aromatic rings. The van der Waals surface area contributed by atoms with Crippen LogP contribution in [0.5, 0.6) is 0 Å². The standard InChI is InChI=1S/C9H14F3NO2/c10-9(11,12)6-2-1-3-8(4-6,5-14)7(13)15/h6,14H,1-5H2,(H2,13,15). The van der Waals surface area contributed by atoms with E-state index in [-0.39, 0.29) is 25.7 Å².